The minimum atomic E-state index is -0.394. The molecule has 1 N–H and O–H groups in total. The van der Waals surface area contributed by atoms with Crippen LogP contribution in [-0.4, -0.2) is 56.1 Å². The molecule has 1 fully saturated rings. The third-order valence-corrected chi connectivity index (χ3v) is 3.90. The van der Waals surface area contributed by atoms with Crippen LogP contribution in [0.2, 0.25) is 0 Å². The Labute approximate surface area is 119 Å². The van der Waals surface area contributed by atoms with Crippen LogP contribution in [0.3, 0.4) is 0 Å². The van der Waals surface area contributed by atoms with E-state index in [9.17, 15) is 8.78 Å². The number of hydrogen-bond acceptors (Lipinski definition) is 3. The van der Waals surface area contributed by atoms with Crippen molar-refractivity contribution in [3.8, 4) is 0 Å². The van der Waals surface area contributed by atoms with Crippen molar-refractivity contribution in [3.63, 3.8) is 0 Å². The molecule has 0 amide bonds. The lowest BCUT2D eigenvalue weighted by Crippen LogP contribution is -2.46. The summed E-state index contributed by atoms with van der Waals surface area (Å²) in [5.74, 6) is -0.750. The summed E-state index contributed by atoms with van der Waals surface area (Å²) in [6.45, 7) is 7.90. The molecule has 0 saturated carbocycles. The third-order valence-electron chi connectivity index (χ3n) is 3.90. The van der Waals surface area contributed by atoms with Crippen LogP contribution in [0.25, 0.3) is 0 Å². The zero-order chi connectivity index (χ0) is 14.5. The van der Waals surface area contributed by atoms with Gasteiger partial charge < -0.3 is 10.2 Å². The SMILES string of the molecule is CC(NCCN1CCN(C)CC1)c1cc(F)ccc1F. The van der Waals surface area contributed by atoms with Crippen molar-refractivity contribution in [2.45, 2.75) is 13.0 Å². The molecule has 0 aliphatic carbocycles. The molecule has 0 bridgehead atoms. The number of nitrogens with one attached hydrogen (secondary N) is 1. The van der Waals surface area contributed by atoms with Gasteiger partial charge in [0, 0.05) is 50.9 Å². The number of halogens is 2. The monoisotopic (exact) mass is 283 g/mol. The van der Waals surface area contributed by atoms with Gasteiger partial charge in [0.2, 0.25) is 0 Å². The predicted molar refractivity (Wildman–Crippen MR) is 76.7 cm³/mol. The Morgan fingerprint density at radius 3 is 2.60 bits per heavy atom. The Hall–Kier alpha value is -1.04. The first-order chi connectivity index (χ1) is 9.56. The Bertz CT molecular complexity index is 431. The van der Waals surface area contributed by atoms with Gasteiger partial charge in [0.1, 0.15) is 11.6 Å². The zero-order valence-corrected chi connectivity index (χ0v) is 12.2. The molecule has 1 atom stereocenters. The summed E-state index contributed by atoms with van der Waals surface area (Å²) in [6, 6.07) is 3.42. The number of benzene rings is 1. The molecule has 1 aliphatic rings. The van der Waals surface area contributed by atoms with E-state index in [4.69, 9.17) is 0 Å². The quantitative estimate of drug-likeness (QED) is 0.890. The molecule has 1 aromatic rings. The van der Waals surface area contributed by atoms with Crippen LogP contribution in [-0.2, 0) is 0 Å². The van der Waals surface area contributed by atoms with Gasteiger partial charge in [-0.1, -0.05) is 0 Å². The molecule has 5 heteroatoms. The van der Waals surface area contributed by atoms with Gasteiger partial charge in [-0.2, -0.15) is 0 Å². The zero-order valence-electron chi connectivity index (χ0n) is 12.2. The molecule has 2 rings (SSSR count). The lowest BCUT2D eigenvalue weighted by molar-refractivity contribution is 0.154. The van der Waals surface area contributed by atoms with Gasteiger partial charge in [0.05, 0.1) is 0 Å². The summed E-state index contributed by atoms with van der Waals surface area (Å²) in [6.07, 6.45) is 0. The highest BCUT2D eigenvalue weighted by atomic mass is 19.1. The molecule has 1 heterocycles. The van der Waals surface area contributed by atoms with Crippen molar-refractivity contribution in [2.24, 2.45) is 0 Å². The first-order valence-electron chi connectivity index (χ1n) is 7.15. The second-order valence-electron chi connectivity index (χ2n) is 5.49. The molecular formula is C15H23F2N3. The second-order valence-corrected chi connectivity index (χ2v) is 5.49. The summed E-state index contributed by atoms with van der Waals surface area (Å²) < 4.78 is 26.8. The van der Waals surface area contributed by atoms with E-state index in [1.807, 2.05) is 6.92 Å². The van der Waals surface area contributed by atoms with Crippen molar-refractivity contribution >= 4 is 0 Å². The van der Waals surface area contributed by atoms with E-state index in [1.54, 1.807) is 0 Å². The minimum Gasteiger partial charge on any atom is -0.309 e. The molecule has 112 valence electrons. The summed E-state index contributed by atoms with van der Waals surface area (Å²) in [5, 5.41) is 3.26. The van der Waals surface area contributed by atoms with Crippen molar-refractivity contribution in [2.75, 3.05) is 46.3 Å². The van der Waals surface area contributed by atoms with Crippen LogP contribution in [0.1, 0.15) is 18.5 Å². The molecule has 0 spiro atoms. The second kappa shape index (κ2) is 7.11. The highest BCUT2D eigenvalue weighted by molar-refractivity contribution is 5.21. The van der Waals surface area contributed by atoms with E-state index in [2.05, 4.69) is 22.2 Å². The first-order valence-corrected chi connectivity index (χ1v) is 7.15. The highest BCUT2D eigenvalue weighted by Gasteiger charge is 2.15. The van der Waals surface area contributed by atoms with Crippen LogP contribution in [0.4, 0.5) is 8.78 Å². The molecular weight excluding hydrogens is 260 g/mol. The lowest BCUT2D eigenvalue weighted by Gasteiger charge is -2.32. The Morgan fingerprint density at radius 2 is 1.90 bits per heavy atom. The molecule has 0 aromatic heterocycles. The number of nitrogens with zero attached hydrogens (tertiary/aromatic N) is 2. The van der Waals surface area contributed by atoms with Crippen molar-refractivity contribution < 1.29 is 8.78 Å². The van der Waals surface area contributed by atoms with Crippen LogP contribution in [0.15, 0.2) is 18.2 Å². The van der Waals surface area contributed by atoms with E-state index in [0.29, 0.717) is 5.56 Å². The van der Waals surface area contributed by atoms with Crippen molar-refractivity contribution in [1.29, 1.82) is 0 Å². The lowest BCUT2D eigenvalue weighted by atomic mass is 10.1. The fourth-order valence-electron chi connectivity index (χ4n) is 2.47. The maximum atomic E-state index is 13.6. The fraction of sp³-hybridized carbons (Fsp3) is 0.600. The van der Waals surface area contributed by atoms with E-state index in [0.717, 1.165) is 45.3 Å². The number of likely N-dealkylation sites (N-methyl/N-ethyl adjacent to an activating group) is 1. The number of hydrogen-bond donors (Lipinski definition) is 1. The Balaban J connectivity index is 1.77. The summed E-state index contributed by atoms with van der Waals surface area (Å²) in [4.78, 5) is 4.70. The molecule has 0 radical (unpaired) electrons. The molecule has 20 heavy (non-hydrogen) atoms. The van der Waals surface area contributed by atoms with Crippen LogP contribution in [0.5, 0.6) is 0 Å². The summed E-state index contributed by atoms with van der Waals surface area (Å²) in [5.41, 5.74) is 0.392. The van der Waals surface area contributed by atoms with Crippen LogP contribution >= 0.6 is 0 Å². The molecule has 1 saturated heterocycles. The molecule has 1 aromatic carbocycles. The average Bonchev–Trinajstić information content (AvgIpc) is 2.43. The van der Waals surface area contributed by atoms with Crippen molar-refractivity contribution in [1.82, 2.24) is 15.1 Å². The van der Waals surface area contributed by atoms with Gasteiger partial charge in [-0.25, -0.2) is 8.78 Å². The Morgan fingerprint density at radius 1 is 1.20 bits per heavy atom. The van der Waals surface area contributed by atoms with E-state index in [1.165, 1.54) is 12.1 Å². The Kier molecular flexibility index (Phi) is 5.46. The maximum Gasteiger partial charge on any atom is 0.128 e. The van der Waals surface area contributed by atoms with Crippen molar-refractivity contribution in [3.05, 3.63) is 35.4 Å². The van der Waals surface area contributed by atoms with Gasteiger partial charge in [-0.15, -0.1) is 0 Å². The topological polar surface area (TPSA) is 18.5 Å². The van der Waals surface area contributed by atoms with Gasteiger partial charge in [-0.05, 0) is 32.2 Å². The standard InChI is InChI=1S/C15H23F2N3/c1-12(14-11-13(16)3-4-15(14)17)18-5-6-20-9-7-19(2)8-10-20/h3-4,11-12,18H,5-10H2,1-2H3. The van der Waals surface area contributed by atoms with Crippen LogP contribution in [0, 0.1) is 11.6 Å². The first kappa shape index (κ1) is 15.4. The normalized spacial score (nSPS) is 19.2. The predicted octanol–water partition coefficient (Wildman–Crippen LogP) is 1.86. The minimum absolute atomic E-state index is 0.182. The van der Waals surface area contributed by atoms with E-state index >= 15 is 0 Å². The fourth-order valence-corrected chi connectivity index (χ4v) is 2.47. The largest absolute Gasteiger partial charge is 0.309 e. The molecule has 1 unspecified atom stereocenters. The van der Waals surface area contributed by atoms with E-state index in [-0.39, 0.29) is 11.9 Å². The van der Waals surface area contributed by atoms with E-state index < -0.39 is 5.82 Å². The summed E-state index contributed by atoms with van der Waals surface area (Å²) in [7, 11) is 2.13. The number of piperazine rings is 1. The smallest absolute Gasteiger partial charge is 0.128 e. The number of rotatable bonds is 5. The average molecular weight is 283 g/mol. The van der Waals surface area contributed by atoms with Gasteiger partial charge in [-0.3, -0.25) is 4.90 Å². The van der Waals surface area contributed by atoms with Gasteiger partial charge in [0.15, 0.2) is 0 Å². The highest BCUT2D eigenvalue weighted by Crippen LogP contribution is 2.17. The molecule has 3 nitrogen and oxygen atoms in total. The maximum absolute atomic E-state index is 13.6. The molecule has 1 aliphatic heterocycles. The third kappa shape index (κ3) is 4.23. The summed E-state index contributed by atoms with van der Waals surface area (Å²) >= 11 is 0. The van der Waals surface area contributed by atoms with Gasteiger partial charge >= 0.3 is 0 Å². The van der Waals surface area contributed by atoms with Gasteiger partial charge in [0.25, 0.3) is 0 Å². The van der Waals surface area contributed by atoms with Crippen LogP contribution < -0.4 is 5.32 Å².